The number of ether oxygens (including phenoxy) is 1. The fraction of sp³-hybridized carbons (Fsp3) is 0.571. The van der Waals surface area contributed by atoms with E-state index in [1.54, 1.807) is 0 Å². The Bertz CT molecular complexity index is 424. The number of rotatable bonds is 5. The van der Waals surface area contributed by atoms with Gasteiger partial charge in [-0.2, -0.15) is 0 Å². The summed E-state index contributed by atoms with van der Waals surface area (Å²) in [5, 5.41) is 3.31. The van der Waals surface area contributed by atoms with Gasteiger partial charge in [0.25, 0.3) is 0 Å². The van der Waals surface area contributed by atoms with E-state index in [9.17, 15) is 4.39 Å². The van der Waals surface area contributed by atoms with Crippen LogP contribution in [-0.2, 0) is 5.54 Å². The van der Waals surface area contributed by atoms with E-state index in [-0.39, 0.29) is 11.4 Å². The highest BCUT2D eigenvalue weighted by Gasteiger charge is 2.43. The summed E-state index contributed by atoms with van der Waals surface area (Å²) in [5.74, 6) is 0.814. The van der Waals surface area contributed by atoms with Gasteiger partial charge < -0.3 is 10.1 Å². The largest absolute Gasteiger partial charge is 0.490 e. The van der Waals surface area contributed by atoms with Crippen LogP contribution in [0.4, 0.5) is 4.39 Å². The maximum absolute atomic E-state index is 13.6. The van der Waals surface area contributed by atoms with E-state index in [2.05, 4.69) is 5.32 Å². The van der Waals surface area contributed by atoms with Gasteiger partial charge in [0, 0.05) is 5.54 Å². The highest BCUT2D eigenvalue weighted by atomic mass is 19.1. The van der Waals surface area contributed by atoms with Crippen molar-refractivity contribution in [3.05, 3.63) is 29.6 Å². The second kappa shape index (κ2) is 3.98. The molecule has 0 aromatic heterocycles. The third-order valence-electron chi connectivity index (χ3n) is 3.88. The van der Waals surface area contributed by atoms with Crippen LogP contribution >= 0.6 is 0 Å². The predicted molar refractivity (Wildman–Crippen MR) is 64.6 cm³/mol. The Morgan fingerprint density at radius 3 is 2.76 bits per heavy atom. The van der Waals surface area contributed by atoms with Crippen LogP contribution in [0.2, 0.25) is 0 Å². The van der Waals surface area contributed by atoms with Crippen molar-refractivity contribution < 1.29 is 9.13 Å². The lowest BCUT2D eigenvalue weighted by Crippen LogP contribution is -2.24. The quantitative estimate of drug-likeness (QED) is 0.847. The summed E-state index contributed by atoms with van der Waals surface area (Å²) in [6.07, 6.45) is 4.69. The zero-order chi connectivity index (χ0) is 11.9. The van der Waals surface area contributed by atoms with Gasteiger partial charge in [-0.15, -0.1) is 0 Å². The molecular formula is C14H18FNO. The summed E-state index contributed by atoms with van der Waals surface area (Å²) < 4.78 is 19.2. The molecule has 0 heterocycles. The first-order valence-electron chi connectivity index (χ1n) is 6.35. The molecule has 3 heteroatoms. The molecule has 92 valence electrons. The number of benzene rings is 1. The standard InChI is InChI=1S/C14H18FNO/c1-16-14(6-7-14)11-4-5-12(15)13(8-11)17-9-10-2-3-10/h4-5,8,10,16H,2-3,6-7,9H2,1H3. The summed E-state index contributed by atoms with van der Waals surface area (Å²) in [5.41, 5.74) is 1.22. The highest BCUT2D eigenvalue weighted by Crippen LogP contribution is 2.46. The van der Waals surface area contributed by atoms with E-state index in [0.717, 1.165) is 18.4 Å². The second-order valence-electron chi connectivity index (χ2n) is 5.23. The maximum Gasteiger partial charge on any atom is 0.165 e. The molecule has 0 unspecified atom stereocenters. The van der Waals surface area contributed by atoms with Gasteiger partial charge in [0.2, 0.25) is 0 Å². The summed E-state index contributed by atoms with van der Waals surface area (Å²) >= 11 is 0. The Hall–Kier alpha value is -1.09. The number of hydrogen-bond donors (Lipinski definition) is 1. The smallest absolute Gasteiger partial charge is 0.165 e. The van der Waals surface area contributed by atoms with E-state index in [1.165, 1.54) is 18.9 Å². The predicted octanol–water partition coefficient (Wildman–Crippen LogP) is 2.82. The molecule has 1 aromatic carbocycles. The molecule has 0 atom stereocenters. The molecule has 2 aliphatic rings. The van der Waals surface area contributed by atoms with Crippen molar-refractivity contribution in [1.29, 1.82) is 0 Å². The van der Waals surface area contributed by atoms with Gasteiger partial charge in [0.05, 0.1) is 6.61 Å². The Morgan fingerprint density at radius 1 is 1.41 bits per heavy atom. The van der Waals surface area contributed by atoms with E-state index in [4.69, 9.17) is 4.74 Å². The Labute approximate surface area is 101 Å². The minimum absolute atomic E-state index is 0.0748. The van der Waals surface area contributed by atoms with Gasteiger partial charge in [0.15, 0.2) is 11.6 Å². The molecule has 0 radical (unpaired) electrons. The average Bonchev–Trinajstić information content (AvgIpc) is 3.22. The lowest BCUT2D eigenvalue weighted by molar-refractivity contribution is 0.284. The molecule has 0 saturated heterocycles. The number of halogens is 1. The Balaban J connectivity index is 1.78. The molecular weight excluding hydrogens is 217 g/mol. The van der Waals surface area contributed by atoms with Crippen LogP contribution < -0.4 is 10.1 Å². The average molecular weight is 235 g/mol. The van der Waals surface area contributed by atoms with Crippen molar-refractivity contribution in [1.82, 2.24) is 5.32 Å². The molecule has 1 aromatic rings. The minimum atomic E-state index is -0.249. The minimum Gasteiger partial charge on any atom is -0.490 e. The van der Waals surface area contributed by atoms with Crippen molar-refractivity contribution in [3.8, 4) is 5.75 Å². The topological polar surface area (TPSA) is 21.3 Å². The van der Waals surface area contributed by atoms with E-state index in [0.29, 0.717) is 18.3 Å². The van der Waals surface area contributed by atoms with Crippen molar-refractivity contribution in [2.45, 2.75) is 31.2 Å². The normalized spacial score (nSPS) is 21.3. The molecule has 2 fully saturated rings. The van der Waals surface area contributed by atoms with Crippen molar-refractivity contribution >= 4 is 0 Å². The monoisotopic (exact) mass is 235 g/mol. The van der Waals surface area contributed by atoms with E-state index < -0.39 is 0 Å². The van der Waals surface area contributed by atoms with Crippen molar-refractivity contribution in [3.63, 3.8) is 0 Å². The van der Waals surface area contributed by atoms with Crippen molar-refractivity contribution in [2.24, 2.45) is 5.92 Å². The van der Waals surface area contributed by atoms with Crippen LogP contribution in [0.1, 0.15) is 31.2 Å². The van der Waals surface area contributed by atoms with Crippen LogP contribution in [0.3, 0.4) is 0 Å². The van der Waals surface area contributed by atoms with Gasteiger partial charge in [0.1, 0.15) is 0 Å². The summed E-state index contributed by atoms with van der Waals surface area (Å²) in [6.45, 7) is 0.660. The molecule has 0 bridgehead atoms. The fourth-order valence-electron chi connectivity index (χ4n) is 2.21. The second-order valence-corrected chi connectivity index (χ2v) is 5.23. The molecule has 1 N–H and O–H groups in total. The molecule has 17 heavy (non-hydrogen) atoms. The number of nitrogens with one attached hydrogen (secondary N) is 1. The van der Waals surface area contributed by atoms with E-state index >= 15 is 0 Å². The van der Waals surface area contributed by atoms with Crippen LogP contribution in [0.25, 0.3) is 0 Å². The first-order valence-corrected chi connectivity index (χ1v) is 6.35. The zero-order valence-electron chi connectivity index (χ0n) is 10.1. The first-order chi connectivity index (χ1) is 8.23. The number of hydrogen-bond acceptors (Lipinski definition) is 2. The van der Waals surface area contributed by atoms with Crippen LogP contribution in [0.15, 0.2) is 18.2 Å². The van der Waals surface area contributed by atoms with Gasteiger partial charge >= 0.3 is 0 Å². The molecule has 2 aliphatic carbocycles. The fourth-order valence-corrected chi connectivity index (χ4v) is 2.21. The summed E-state index contributed by atoms with van der Waals surface area (Å²) in [4.78, 5) is 0. The van der Waals surface area contributed by atoms with Crippen LogP contribution in [0, 0.1) is 11.7 Å². The molecule has 3 rings (SSSR count). The third kappa shape index (κ3) is 2.16. The van der Waals surface area contributed by atoms with Gasteiger partial charge in [-0.1, -0.05) is 6.07 Å². The molecule has 2 nitrogen and oxygen atoms in total. The van der Waals surface area contributed by atoms with Gasteiger partial charge in [-0.25, -0.2) is 4.39 Å². The Kier molecular flexibility index (Phi) is 2.58. The molecule has 2 saturated carbocycles. The summed E-state index contributed by atoms with van der Waals surface area (Å²) in [6, 6.07) is 5.25. The summed E-state index contributed by atoms with van der Waals surface area (Å²) in [7, 11) is 1.96. The van der Waals surface area contributed by atoms with Crippen LogP contribution in [0.5, 0.6) is 5.75 Å². The molecule has 0 aliphatic heterocycles. The van der Waals surface area contributed by atoms with Crippen LogP contribution in [-0.4, -0.2) is 13.7 Å². The lowest BCUT2D eigenvalue weighted by atomic mass is 10.0. The van der Waals surface area contributed by atoms with Gasteiger partial charge in [-0.3, -0.25) is 0 Å². The molecule has 0 amide bonds. The molecule has 0 spiro atoms. The maximum atomic E-state index is 13.6. The van der Waals surface area contributed by atoms with E-state index in [1.807, 2.05) is 19.2 Å². The first kappa shape index (κ1) is 11.0. The van der Waals surface area contributed by atoms with Crippen molar-refractivity contribution in [2.75, 3.05) is 13.7 Å². The lowest BCUT2D eigenvalue weighted by Gasteiger charge is -2.16. The SMILES string of the molecule is CNC1(c2ccc(F)c(OCC3CC3)c2)CC1. The Morgan fingerprint density at radius 2 is 2.18 bits per heavy atom. The third-order valence-corrected chi connectivity index (χ3v) is 3.88. The van der Waals surface area contributed by atoms with Gasteiger partial charge in [-0.05, 0) is 56.3 Å². The zero-order valence-corrected chi connectivity index (χ0v) is 10.1. The highest BCUT2D eigenvalue weighted by molar-refractivity contribution is 5.37.